The van der Waals surface area contributed by atoms with Crippen molar-refractivity contribution in [2.24, 2.45) is 0 Å². The maximum atomic E-state index is 12.3. The second-order valence-corrected chi connectivity index (χ2v) is 5.90. The average Bonchev–Trinajstić information content (AvgIpc) is 2.48. The van der Waals surface area contributed by atoms with Crippen LogP contribution in [0.3, 0.4) is 0 Å². The van der Waals surface area contributed by atoms with Gasteiger partial charge in [0.05, 0.1) is 15.6 Å². The molecule has 0 saturated heterocycles. The summed E-state index contributed by atoms with van der Waals surface area (Å²) in [5.74, 6) is 0.136. The number of halogens is 1. The number of ether oxygens (including phenoxy) is 1. The molecule has 0 radical (unpaired) electrons. The number of aryl methyl sites for hydroxylation is 2. The molecular formula is C17H17ClN2O4. The zero-order valence-electron chi connectivity index (χ0n) is 13.5. The molecule has 6 nitrogen and oxygen atoms in total. The molecule has 0 aliphatic heterocycles. The number of nitro groups is 1. The van der Waals surface area contributed by atoms with E-state index >= 15 is 0 Å². The highest BCUT2D eigenvalue weighted by Crippen LogP contribution is 2.27. The fraction of sp³-hybridized carbons (Fsp3) is 0.235. The summed E-state index contributed by atoms with van der Waals surface area (Å²) in [6.07, 6.45) is -0.790. The fourth-order valence-corrected chi connectivity index (χ4v) is 2.38. The van der Waals surface area contributed by atoms with E-state index in [0.717, 1.165) is 11.1 Å². The topological polar surface area (TPSA) is 81.5 Å². The maximum absolute atomic E-state index is 12.3. The van der Waals surface area contributed by atoms with Crippen molar-refractivity contribution < 1.29 is 14.5 Å². The highest BCUT2D eigenvalue weighted by molar-refractivity contribution is 6.33. The summed E-state index contributed by atoms with van der Waals surface area (Å²) in [7, 11) is 0. The number of amides is 1. The van der Waals surface area contributed by atoms with Gasteiger partial charge in [0.15, 0.2) is 6.10 Å². The van der Waals surface area contributed by atoms with Gasteiger partial charge >= 0.3 is 0 Å². The fourth-order valence-electron chi connectivity index (χ4n) is 2.22. The molecule has 0 spiro atoms. The molecule has 0 aliphatic carbocycles. The predicted octanol–water partition coefficient (Wildman–Crippen LogP) is 4.27. The molecule has 0 saturated carbocycles. The van der Waals surface area contributed by atoms with Gasteiger partial charge < -0.3 is 10.1 Å². The number of non-ortho nitro benzene ring substituents is 1. The molecule has 0 fully saturated rings. The minimum atomic E-state index is -0.790. The van der Waals surface area contributed by atoms with E-state index in [1.54, 1.807) is 6.92 Å². The Morgan fingerprint density at radius 1 is 1.21 bits per heavy atom. The molecule has 1 unspecified atom stereocenters. The summed E-state index contributed by atoms with van der Waals surface area (Å²) in [5.41, 5.74) is 2.07. The molecule has 7 heteroatoms. The van der Waals surface area contributed by atoms with Crippen LogP contribution in [0, 0.1) is 24.0 Å². The maximum Gasteiger partial charge on any atom is 0.271 e. The Morgan fingerprint density at radius 2 is 1.83 bits per heavy atom. The summed E-state index contributed by atoms with van der Waals surface area (Å²) in [6, 6.07) is 9.51. The molecule has 2 aromatic rings. The van der Waals surface area contributed by atoms with E-state index in [4.69, 9.17) is 16.3 Å². The van der Waals surface area contributed by atoms with Gasteiger partial charge in [-0.1, -0.05) is 17.7 Å². The first kappa shape index (κ1) is 17.7. The minimum absolute atomic E-state index is 0.155. The summed E-state index contributed by atoms with van der Waals surface area (Å²) in [4.78, 5) is 22.5. The molecule has 0 heterocycles. The molecule has 1 N–H and O–H groups in total. The van der Waals surface area contributed by atoms with Gasteiger partial charge in [0.2, 0.25) is 0 Å². The van der Waals surface area contributed by atoms with Crippen LogP contribution in [0.1, 0.15) is 18.1 Å². The molecule has 126 valence electrons. The Morgan fingerprint density at radius 3 is 2.42 bits per heavy atom. The molecule has 1 atom stereocenters. The number of benzene rings is 2. The van der Waals surface area contributed by atoms with Gasteiger partial charge in [0, 0.05) is 12.1 Å². The van der Waals surface area contributed by atoms with Crippen molar-refractivity contribution in [3.63, 3.8) is 0 Å². The first-order chi connectivity index (χ1) is 11.3. The third kappa shape index (κ3) is 4.45. The van der Waals surface area contributed by atoms with Crippen LogP contribution in [-0.2, 0) is 4.79 Å². The lowest BCUT2D eigenvalue weighted by molar-refractivity contribution is -0.384. The lowest BCUT2D eigenvalue weighted by Gasteiger charge is -2.16. The number of hydrogen-bond donors (Lipinski definition) is 1. The second kappa shape index (κ2) is 7.31. The van der Waals surface area contributed by atoms with Crippen LogP contribution < -0.4 is 10.1 Å². The smallest absolute Gasteiger partial charge is 0.271 e. The van der Waals surface area contributed by atoms with Crippen molar-refractivity contribution in [3.05, 3.63) is 62.7 Å². The molecule has 24 heavy (non-hydrogen) atoms. The van der Waals surface area contributed by atoms with Gasteiger partial charge in [-0.25, -0.2) is 0 Å². The predicted molar refractivity (Wildman–Crippen MR) is 92.7 cm³/mol. The lowest BCUT2D eigenvalue weighted by Crippen LogP contribution is -2.30. The number of nitrogens with zero attached hydrogens (tertiary/aromatic N) is 1. The zero-order chi connectivity index (χ0) is 17.9. The summed E-state index contributed by atoms with van der Waals surface area (Å²) in [6.45, 7) is 5.47. The SMILES string of the molecule is Cc1cc(C)cc(OC(C)C(=O)Nc2cc([N+](=O)[O-])ccc2Cl)c1. The number of carbonyl (C=O) groups excluding carboxylic acids is 1. The van der Waals surface area contributed by atoms with Gasteiger partial charge in [0.25, 0.3) is 11.6 Å². The summed E-state index contributed by atoms with van der Waals surface area (Å²) >= 11 is 5.97. The quantitative estimate of drug-likeness (QED) is 0.646. The van der Waals surface area contributed by atoms with Crippen molar-refractivity contribution in [3.8, 4) is 5.75 Å². The van der Waals surface area contributed by atoms with Crippen LogP contribution in [0.25, 0.3) is 0 Å². The molecule has 2 rings (SSSR count). The van der Waals surface area contributed by atoms with Gasteiger partial charge in [-0.15, -0.1) is 0 Å². The van der Waals surface area contributed by atoms with Crippen LogP contribution >= 0.6 is 11.6 Å². The second-order valence-electron chi connectivity index (χ2n) is 5.49. The Labute approximate surface area is 144 Å². The van der Waals surface area contributed by atoms with Crippen molar-refractivity contribution in [2.45, 2.75) is 26.9 Å². The van der Waals surface area contributed by atoms with Gasteiger partial charge in [0.1, 0.15) is 5.75 Å². The molecular weight excluding hydrogens is 332 g/mol. The van der Waals surface area contributed by atoms with Crippen molar-refractivity contribution in [2.75, 3.05) is 5.32 Å². The van der Waals surface area contributed by atoms with E-state index in [1.807, 2.05) is 32.0 Å². The van der Waals surface area contributed by atoms with Crippen molar-refractivity contribution >= 4 is 28.9 Å². The van der Waals surface area contributed by atoms with E-state index in [1.165, 1.54) is 18.2 Å². The summed E-state index contributed by atoms with van der Waals surface area (Å²) in [5, 5.41) is 13.6. The molecule has 0 bridgehead atoms. The number of hydrogen-bond acceptors (Lipinski definition) is 4. The Bertz CT molecular complexity index is 772. The van der Waals surface area contributed by atoms with Crippen molar-refractivity contribution in [1.29, 1.82) is 0 Å². The standard InChI is InChI=1S/C17H17ClN2O4/c1-10-6-11(2)8-14(7-10)24-12(3)17(21)19-16-9-13(20(22)23)4-5-15(16)18/h4-9,12H,1-3H3,(H,19,21). The van der Waals surface area contributed by atoms with Crippen LogP contribution in [0.15, 0.2) is 36.4 Å². The lowest BCUT2D eigenvalue weighted by atomic mass is 10.1. The van der Waals surface area contributed by atoms with E-state index in [-0.39, 0.29) is 16.4 Å². The normalized spacial score (nSPS) is 11.7. The first-order valence-electron chi connectivity index (χ1n) is 7.26. The van der Waals surface area contributed by atoms with Gasteiger partial charge in [-0.2, -0.15) is 0 Å². The molecule has 2 aromatic carbocycles. The molecule has 0 aromatic heterocycles. The largest absolute Gasteiger partial charge is 0.481 e. The highest BCUT2D eigenvalue weighted by Gasteiger charge is 2.18. The number of nitrogens with one attached hydrogen (secondary N) is 1. The zero-order valence-corrected chi connectivity index (χ0v) is 14.3. The van der Waals surface area contributed by atoms with Crippen LogP contribution in [-0.4, -0.2) is 16.9 Å². The molecule has 1 amide bonds. The summed E-state index contributed by atoms with van der Waals surface area (Å²) < 4.78 is 5.64. The van der Waals surface area contributed by atoms with Gasteiger partial charge in [-0.05, 0) is 50.1 Å². The number of anilines is 1. The Balaban J connectivity index is 2.11. The number of rotatable bonds is 5. The minimum Gasteiger partial charge on any atom is -0.481 e. The van der Waals surface area contributed by atoms with Crippen LogP contribution in [0.4, 0.5) is 11.4 Å². The highest BCUT2D eigenvalue weighted by atomic mass is 35.5. The Hall–Kier alpha value is -2.60. The van der Waals surface area contributed by atoms with Crippen LogP contribution in [0.5, 0.6) is 5.75 Å². The third-order valence-corrected chi connectivity index (χ3v) is 3.63. The number of carbonyl (C=O) groups is 1. The first-order valence-corrected chi connectivity index (χ1v) is 7.64. The number of nitro benzene ring substituents is 1. The van der Waals surface area contributed by atoms with E-state index in [2.05, 4.69) is 5.32 Å². The monoisotopic (exact) mass is 348 g/mol. The molecule has 0 aliphatic rings. The Kier molecular flexibility index (Phi) is 5.41. The van der Waals surface area contributed by atoms with Gasteiger partial charge in [-0.3, -0.25) is 14.9 Å². The van der Waals surface area contributed by atoms with E-state index < -0.39 is 16.9 Å². The average molecular weight is 349 g/mol. The van der Waals surface area contributed by atoms with Crippen LogP contribution in [0.2, 0.25) is 5.02 Å². The third-order valence-electron chi connectivity index (χ3n) is 3.30. The van der Waals surface area contributed by atoms with E-state index in [9.17, 15) is 14.9 Å². The van der Waals surface area contributed by atoms with Crippen molar-refractivity contribution in [1.82, 2.24) is 0 Å². The van der Waals surface area contributed by atoms with E-state index in [0.29, 0.717) is 5.75 Å².